The van der Waals surface area contributed by atoms with E-state index < -0.39 is 18.5 Å². The molecule has 0 aromatic heterocycles. The van der Waals surface area contributed by atoms with Crippen LogP contribution < -0.4 is 5.32 Å². The highest BCUT2D eigenvalue weighted by Crippen LogP contribution is 2.25. The van der Waals surface area contributed by atoms with Crippen molar-refractivity contribution in [1.82, 2.24) is 0 Å². The molecular weight excluding hydrogens is 361 g/mol. The first-order valence-electron chi connectivity index (χ1n) is 6.59. The predicted octanol–water partition coefficient (Wildman–Crippen LogP) is 4.37. The molecule has 0 saturated heterocycles. The Morgan fingerprint density at radius 3 is 2.26 bits per heavy atom. The summed E-state index contributed by atoms with van der Waals surface area (Å²) in [7, 11) is 0. The normalized spacial score (nSPS) is 10.2. The lowest BCUT2D eigenvalue weighted by atomic mass is 10.1. The summed E-state index contributed by atoms with van der Waals surface area (Å²) in [6.45, 7) is -0.397. The molecule has 0 aliphatic carbocycles. The zero-order valence-corrected chi connectivity index (χ0v) is 14.1. The second-order valence-corrected chi connectivity index (χ2v) is 5.92. The third kappa shape index (κ3) is 5.75. The van der Waals surface area contributed by atoms with Crippen LogP contribution in [0.2, 0.25) is 15.1 Å². The molecule has 2 rings (SSSR count). The van der Waals surface area contributed by atoms with E-state index in [1.165, 1.54) is 6.07 Å². The molecule has 0 fully saturated rings. The average molecular weight is 373 g/mol. The van der Waals surface area contributed by atoms with Crippen LogP contribution in [0.5, 0.6) is 0 Å². The van der Waals surface area contributed by atoms with Gasteiger partial charge in [-0.05, 0) is 35.9 Å². The molecule has 4 nitrogen and oxygen atoms in total. The van der Waals surface area contributed by atoms with Crippen molar-refractivity contribution in [3.63, 3.8) is 0 Å². The molecule has 7 heteroatoms. The maximum Gasteiger partial charge on any atom is 0.310 e. The van der Waals surface area contributed by atoms with Gasteiger partial charge in [-0.15, -0.1) is 0 Å². The smallest absolute Gasteiger partial charge is 0.310 e. The number of hydrogen-bond donors (Lipinski definition) is 1. The SMILES string of the molecule is O=C(COC(=O)Cc1ccc(Cl)cc1)Nc1ccc(Cl)cc1Cl. The van der Waals surface area contributed by atoms with E-state index in [0.29, 0.717) is 20.8 Å². The van der Waals surface area contributed by atoms with Gasteiger partial charge in [-0.25, -0.2) is 0 Å². The van der Waals surface area contributed by atoms with Crippen LogP contribution in [0.1, 0.15) is 5.56 Å². The minimum absolute atomic E-state index is 0.0617. The van der Waals surface area contributed by atoms with E-state index in [4.69, 9.17) is 39.5 Å². The highest BCUT2D eigenvalue weighted by Gasteiger charge is 2.10. The summed E-state index contributed by atoms with van der Waals surface area (Å²) < 4.78 is 4.92. The van der Waals surface area contributed by atoms with E-state index in [2.05, 4.69) is 5.32 Å². The fourth-order valence-corrected chi connectivity index (χ4v) is 2.32. The second kappa shape index (κ2) is 8.20. The van der Waals surface area contributed by atoms with Crippen LogP contribution in [0, 0.1) is 0 Å². The van der Waals surface area contributed by atoms with Gasteiger partial charge >= 0.3 is 5.97 Å². The van der Waals surface area contributed by atoms with Crippen molar-refractivity contribution in [2.75, 3.05) is 11.9 Å². The van der Waals surface area contributed by atoms with E-state index in [9.17, 15) is 9.59 Å². The lowest BCUT2D eigenvalue weighted by Crippen LogP contribution is -2.21. The number of amides is 1. The molecule has 1 amide bonds. The Morgan fingerprint density at radius 1 is 0.957 bits per heavy atom. The van der Waals surface area contributed by atoms with Gasteiger partial charge in [0.05, 0.1) is 17.1 Å². The van der Waals surface area contributed by atoms with Crippen LogP contribution in [-0.4, -0.2) is 18.5 Å². The van der Waals surface area contributed by atoms with Gasteiger partial charge in [0.2, 0.25) is 0 Å². The van der Waals surface area contributed by atoms with Crippen LogP contribution >= 0.6 is 34.8 Å². The van der Waals surface area contributed by atoms with E-state index in [-0.39, 0.29) is 6.42 Å². The van der Waals surface area contributed by atoms with Crippen molar-refractivity contribution in [3.05, 3.63) is 63.1 Å². The zero-order chi connectivity index (χ0) is 16.8. The third-order valence-electron chi connectivity index (χ3n) is 2.83. The molecule has 0 bridgehead atoms. The Bertz CT molecular complexity index is 717. The van der Waals surface area contributed by atoms with E-state index in [1.807, 2.05) is 0 Å². The molecule has 23 heavy (non-hydrogen) atoms. The third-order valence-corrected chi connectivity index (χ3v) is 3.63. The number of esters is 1. The number of halogens is 3. The van der Waals surface area contributed by atoms with Crippen molar-refractivity contribution in [1.29, 1.82) is 0 Å². The van der Waals surface area contributed by atoms with Crippen molar-refractivity contribution < 1.29 is 14.3 Å². The van der Waals surface area contributed by atoms with Gasteiger partial charge in [0.1, 0.15) is 0 Å². The molecule has 0 atom stereocenters. The van der Waals surface area contributed by atoms with Gasteiger partial charge in [-0.1, -0.05) is 46.9 Å². The van der Waals surface area contributed by atoms with Gasteiger partial charge in [0, 0.05) is 10.0 Å². The molecule has 0 unspecified atom stereocenters. The molecular formula is C16H12Cl3NO3. The standard InChI is InChI=1S/C16H12Cl3NO3/c17-11-3-1-10(2-4-11)7-16(22)23-9-15(21)20-14-6-5-12(18)8-13(14)19/h1-6,8H,7,9H2,(H,20,21). The predicted molar refractivity (Wildman–Crippen MR) is 91.2 cm³/mol. The second-order valence-electron chi connectivity index (χ2n) is 4.64. The van der Waals surface area contributed by atoms with Crippen molar-refractivity contribution in [2.24, 2.45) is 0 Å². The molecule has 0 aliphatic rings. The highest BCUT2D eigenvalue weighted by molar-refractivity contribution is 6.36. The van der Waals surface area contributed by atoms with Crippen LogP contribution in [0.4, 0.5) is 5.69 Å². The molecule has 0 aliphatic heterocycles. The van der Waals surface area contributed by atoms with Gasteiger partial charge in [-0.2, -0.15) is 0 Å². The lowest BCUT2D eigenvalue weighted by Gasteiger charge is -2.08. The maximum atomic E-state index is 11.8. The van der Waals surface area contributed by atoms with Crippen molar-refractivity contribution in [3.8, 4) is 0 Å². The van der Waals surface area contributed by atoms with Gasteiger partial charge in [0.15, 0.2) is 6.61 Å². The molecule has 2 aromatic rings. The molecule has 120 valence electrons. The molecule has 1 N–H and O–H groups in total. The van der Waals surface area contributed by atoms with Gasteiger partial charge < -0.3 is 10.1 Å². The van der Waals surface area contributed by atoms with E-state index in [0.717, 1.165) is 5.56 Å². The zero-order valence-electron chi connectivity index (χ0n) is 11.8. The van der Waals surface area contributed by atoms with Crippen molar-refractivity contribution in [2.45, 2.75) is 6.42 Å². The molecule has 0 radical (unpaired) electrons. The Morgan fingerprint density at radius 2 is 1.61 bits per heavy atom. The summed E-state index contributed by atoms with van der Waals surface area (Å²) in [6, 6.07) is 11.5. The van der Waals surface area contributed by atoms with E-state index >= 15 is 0 Å². The van der Waals surface area contributed by atoms with Gasteiger partial charge in [-0.3, -0.25) is 9.59 Å². The molecule has 0 spiro atoms. The first kappa shape index (κ1) is 17.6. The van der Waals surface area contributed by atoms with E-state index in [1.54, 1.807) is 36.4 Å². The number of anilines is 1. The quantitative estimate of drug-likeness (QED) is 0.793. The number of rotatable bonds is 5. The number of carbonyl (C=O) groups is 2. The first-order chi connectivity index (χ1) is 10.9. The minimum Gasteiger partial charge on any atom is -0.455 e. The fraction of sp³-hybridized carbons (Fsp3) is 0.125. The van der Waals surface area contributed by atoms with Crippen LogP contribution in [0.15, 0.2) is 42.5 Å². The number of benzene rings is 2. The molecule has 0 heterocycles. The Kier molecular flexibility index (Phi) is 6.28. The highest BCUT2D eigenvalue weighted by atomic mass is 35.5. The van der Waals surface area contributed by atoms with Crippen molar-refractivity contribution >= 4 is 52.4 Å². The fourth-order valence-electron chi connectivity index (χ4n) is 1.74. The van der Waals surface area contributed by atoms with Gasteiger partial charge in [0.25, 0.3) is 5.91 Å². The Hall–Kier alpha value is -1.75. The summed E-state index contributed by atoms with van der Waals surface area (Å²) >= 11 is 17.5. The average Bonchev–Trinajstić information content (AvgIpc) is 2.50. The Balaban J connectivity index is 1.81. The monoisotopic (exact) mass is 371 g/mol. The number of ether oxygens (including phenoxy) is 1. The summed E-state index contributed by atoms with van der Waals surface area (Å²) in [5, 5.41) is 3.89. The number of hydrogen-bond acceptors (Lipinski definition) is 3. The molecule has 2 aromatic carbocycles. The van der Waals surface area contributed by atoms with Crippen LogP contribution in [-0.2, 0) is 20.7 Å². The minimum atomic E-state index is -0.510. The summed E-state index contributed by atoms with van der Waals surface area (Å²) in [6.07, 6.45) is 0.0617. The lowest BCUT2D eigenvalue weighted by molar-refractivity contribution is -0.146. The van der Waals surface area contributed by atoms with Crippen LogP contribution in [0.3, 0.4) is 0 Å². The largest absolute Gasteiger partial charge is 0.455 e. The molecule has 0 saturated carbocycles. The maximum absolute atomic E-state index is 11.8. The summed E-state index contributed by atoms with van der Waals surface area (Å²) in [5.41, 5.74) is 1.15. The first-order valence-corrected chi connectivity index (χ1v) is 7.72. The number of carbonyl (C=O) groups excluding carboxylic acids is 2. The Labute approximate surface area is 148 Å². The summed E-state index contributed by atoms with van der Waals surface area (Å²) in [4.78, 5) is 23.4. The topological polar surface area (TPSA) is 55.4 Å². The number of nitrogens with one attached hydrogen (secondary N) is 1. The van der Waals surface area contributed by atoms with Crippen LogP contribution in [0.25, 0.3) is 0 Å². The summed E-state index contributed by atoms with van der Waals surface area (Å²) in [5.74, 6) is -0.997.